The quantitative estimate of drug-likeness (QED) is 0.616. The molecule has 2 aliphatic heterocycles. The van der Waals surface area contributed by atoms with Crippen molar-refractivity contribution in [1.82, 2.24) is 10.9 Å². The summed E-state index contributed by atoms with van der Waals surface area (Å²) in [6, 6.07) is 10.4. The smallest absolute Gasteiger partial charge is 0.247 e. The van der Waals surface area contributed by atoms with Crippen molar-refractivity contribution in [1.29, 1.82) is 0 Å². The van der Waals surface area contributed by atoms with Crippen molar-refractivity contribution in [2.75, 3.05) is 24.4 Å². The van der Waals surface area contributed by atoms with Crippen molar-refractivity contribution < 1.29 is 13.9 Å². The predicted molar refractivity (Wildman–Crippen MR) is 110 cm³/mol. The van der Waals surface area contributed by atoms with Gasteiger partial charge in [-0.1, -0.05) is 18.2 Å². The Morgan fingerprint density at radius 2 is 2.18 bits per heavy atom. The number of hydrazine groups is 1. The number of benzene rings is 2. The SMILES string of the molecule is COCC1NNC(c2cccc(NC(=O)C3Cc4c(F)ccc(C)c4N3)c2)S1. The second kappa shape index (κ2) is 8.08. The normalized spacial score (nSPS) is 23.3. The number of hydrogen-bond acceptors (Lipinski definition) is 6. The van der Waals surface area contributed by atoms with Gasteiger partial charge in [0.2, 0.25) is 5.91 Å². The molecule has 0 aliphatic carbocycles. The molecule has 6 nitrogen and oxygen atoms in total. The number of halogens is 1. The van der Waals surface area contributed by atoms with E-state index < -0.39 is 6.04 Å². The first kappa shape index (κ1) is 19.2. The third-order valence-corrected chi connectivity index (χ3v) is 6.20. The Labute approximate surface area is 167 Å². The van der Waals surface area contributed by atoms with Crippen molar-refractivity contribution in [3.8, 4) is 0 Å². The summed E-state index contributed by atoms with van der Waals surface area (Å²) < 4.78 is 19.2. The first-order valence-electron chi connectivity index (χ1n) is 9.16. The minimum atomic E-state index is -0.485. The summed E-state index contributed by atoms with van der Waals surface area (Å²) in [5.74, 6) is -0.442. The number of carbonyl (C=O) groups is 1. The molecule has 0 saturated carbocycles. The van der Waals surface area contributed by atoms with E-state index in [9.17, 15) is 9.18 Å². The summed E-state index contributed by atoms with van der Waals surface area (Å²) in [6.07, 6.45) is 0.344. The fourth-order valence-electron chi connectivity index (χ4n) is 3.53. The van der Waals surface area contributed by atoms with Gasteiger partial charge in [-0.15, -0.1) is 11.8 Å². The number of hydrogen-bond donors (Lipinski definition) is 4. The second-order valence-electron chi connectivity index (χ2n) is 6.98. The van der Waals surface area contributed by atoms with Crippen LogP contribution in [0.5, 0.6) is 0 Å². The van der Waals surface area contributed by atoms with Gasteiger partial charge in [0.15, 0.2) is 0 Å². The van der Waals surface area contributed by atoms with Crippen LogP contribution >= 0.6 is 11.8 Å². The van der Waals surface area contributed by atoms with E-state index in [1.165, 1.54) is 6.07 Å². The average molecular weight is 402 g/mol. The third-order valence-electron chi connectivity index (χ3n) is 4.96. The molecule has 0 bridgehead atoms. The lowest BCUT2D eigenvalue weighted by Gasteiger charge is -2.15. The number of rotatable bonds is 5. The molecule has 1 amide bonds. The number of carbonyl (C=O) groups excluding carboxylic acids is 1. The Kier molecular flexibility index (Phi) is 5.54. The number of anilines is 2. The van der Waals surface area contributed by atoms with Crippen LogP contribution in [-0.4, -0.2) is 31.0 Å². The molecule has 2 heterocycles. The highest BCUT2D eigenvalue weighted by molar-refractivity contribution is 8.00. The predicted octanol–water partition coefficient (Wildman–Crippen LogP) is 2.92. The molecule has 1 saturated heterocycles. The van der Waals surface area contributed by atoms with E-state index in [4.69, 9.17) is 4.74 Å². The van der Waals surface area contributed by atoms with Crippen molar-refractivity contribution >= 4 is 29.0 Å². The summed E-state index contributed by atoms with van der Waals surface area (Å²) in [4.78, 5) is 12.7. The van der Waals surface area contributed by atoms with Crippen molar-refractivity contribution in [3.05, 3.63) is 58.9 Å². The molecule has 0 aromatic heterocycles. The molecular weight excluding hydrogens is 379 g/mol. The standard InChI is InChI=1S/C20H23FN4O2S/c1-11-6-7-15(21)14-9-16(23-18(11)14)19(26)22-13-5-3-4-12(8-13)20-25-24-17(28-20)10-27-2/h3-8,16-17,20,23-25H,9-10H2,1-2H3,(H,22,26). The molecule has 0 spiro atoms. The zero-order valence-electron chi connectivity index (χ0n) is 15.7. The van der Waals surface area contributed by atoms with Crippen LogP contribution in [0.15, 0.2) is 36.4 Å². The molecule has 4 N–H and O–H groups in total. The van der Waals surface area contributed by atoms with E-state index in [0.29, 0.717) is 18.6 Å². The van der Waals surface area contributed by atoms with E-state index in [0.717, 1.165) is 22.5 Å². The number of nitrogens with one attached hydrogen (secondary N) is 4. The van der Waals surface area contributed by atoms with Gasteiger partial charge in [-0.2, -0.15) is 0 Å². The topological polar surface area (TPSA) is 74.4 Å². The largest absolute Gasteiger partial charge is 0.382 e. The first-order chi connectivity index (χ1) is 13.5. The molecule has 2 aromatic rings. The molecular formula is C20H23FN4O2S. The van der Waals surface area contributed by atoms with Crippen LogP contribution in [-0.2, 0) is 16.0 Å². The third kappa shape index (κ3) is 3.86. The molecule has 3 unspecified atom stereocenters. The van der Waals surface area contributed by atoms with Gasteiger partial charge in [-0.05, 0) is 36.2 Å². The fourth-order valence-corrected chi connectivity index (χ4v) is 4.65. The lowest BCUT2D eigenvalue weighted by Crippen LogP contribution is -2.33. The minimum Gasteiger partial charge on any atom is -0.382 e. The van der Waals surface area contributed by atoms with Crippen LogP contribution in [0.3, 0.4) is 0 Å². The molecule has 2 aromatic carbocycles. The summed E-state index contributed by atoms with van der Waals surface area (Å²) in [6.45, 7) is 2.51. The van der Waals surface area contributed by atoms with Crippen LogP contribution in [0.4, 0.5) is 15.8 Å². The molecule has 0 radical (unpaired) electrons. The highest BCUT2D eigenvalue weighted by atomic mass is 32.2. The number of aryl methyl sites for hydroxylation is 1. The van der Waals surface area contributed by atoms with Gasteiger partial charge in [0, 0.05) is 30.5 Å². The van der Waals surface area contributed by atoms with Crippen LogP contribution in [0, 0.1) is 12.7 Å². The Hall–Kier alpha value is -2.13. The van der Waals surface area contributed by atoms with Crippen molar-refractivity contribution in [2.45, 2.75) is 30.1 Å². The van der Waals surface area contributed by atoms with Crippen molar-refractivity contribution in [2.24, 2.45) is 0 Å². The Bertz CT molecular complexity index is 864. The Balaban J connectivity index is 1.42. The molecule has 1 fully saturated rings. The molecule has 4 rings (SSSR count). The van der Waals surface area contributed by atoms with E-state index in [2.05, 4.69) is 21.5 Å². The van der Waals surface area contributed by atoms with Crippen LogP contribution in [0.25, 0.3) is 0 Å². The zero-order chi connectivity index (χ0) is 19.7. The Morgan fingerprint density at radius 1 is 1.32 bits per heavy atom. The zero-order valence-corrected chi connectivity index (χ0v) is 16.5. The highest BCUT2D eigenvalue weighted by Gasteiger charge is 2.30. The van der Waals surface area contributed by atoms with Gasteiger partial charge >= 0.3 is 0 Å². The number of fused-ring (bicyclic) bond motifs is 1. The lowest BCUT2D eigenvalue weighted by atomic mass is 10.1. The van der Waals surface area contributed by atoms with Gasteiger partial charge in [0.25, 0.3) is 0 Å². The average Bonchev–Trinajstić information content (AvgIpc) is 3.33. The number of methoxy groups -OCH3 is 1. The van der Waals surface area contributed by atoms with Gasteiger partial charge in [0.1, 0.15) is 11.9 Å². The molecule has 8 heteroatoms. The summed E-state index contributed by atoms with van der Waals surface area (Å²) in [5.41, 5.74) is 10.4. The lowest BCUT2D eigenvalue weighted by molar-refractivity contribution is -0.116. The first-order valence-corrected chi connectivity index (χ1v) is 10.1. The van der Waals surface area contributed by atoms with Gasteiger partial charge < -0.3 is 15.4 Å². The van der Waals surface area contributed by atoms with Crippen molar-refractivity contribution in [3.63, 3.8) is 0 Å². The van der Waals surface area contributed by atoms with Crippen LogP contribution < -0.4 is 21.5 Å². The number of ether oxygens (including phenoxy) is 1. The maximum atomic E-state index is 14.1. The maximum Gasteiger partial charge on any atom is 0.247 e. The van der Waals surface area contributed by atoms with Crippen LogP contribution in [0.1, 0.15) is 22.1 Å². The molecule has 2 aliphatic rings. The summed E-state index contributed by atoms with van der Waals surface area (Å²) in [5, 5.41) is 6.36. The molecule has 28 heavy (non-hydrogen) atoms. The van der Waals surface area contributed by atoms with Gasteiger partial charge in [0.05, 0.1) is 17.4 Å². The summed E-state index contributed by atoms with van der Waals surface area (Å²) >= 11 is 1.72. The van der Waals surface area contributed by atoms with Crippen LogP contribution in [0.2, 0.25) is 0 Å². The van der Waals surface area contributed by atoms with E-state index in [-0.39, 0.29) is 22.5 Å². The maximum absolute atomic E-state index is 14.1. The fraction of sp³-hybridized carbons (Fsp3) is 0.350. The van der Waals surface area contributed by atoms with E-state index >= 15 is 0 Å². The molecule has 148 valence electrons. The van der Waals surface area contributed by atoms with E-state index in [1.807, 2.05) is 31.2 Å². The summed E-state index contributed by atoms with van der Waals surface area (Å²) in [7, 11) is 1.68. The molecule has 3 atom stereocenters. The monoisotopic (exact) mass is 402 g/mol. The minimum absolute atomic E-state index is 0.0719. The highest BCUT2D eigenvalue weighted by Crippen LogP contribution is 2.34. The second-order valence-corrected chi connectivity index (χ2v) is 8.29. The van der Waals surface area contributed by atoms with Gasteiger partial charge in [-0.3, -0.25) is 4.79 Å². The van der Waals surface area contributed by atoms with Gasteiger partial charge in [-0.25, -0.2) is 15.2 Å². The number of amides is 1. The Morgan fingerprint density at radius 3 is 2.96 bits per heavy atom. The van der Waals surface area contributed by atoms with E-state index in [1.54, 1.807) is 24.9 Å². The number of thioether (sulfide) groups is 1.